The van der Waals surface area contributed by atoms with Gasteiger partial charge in [0.1, 0.15) is 4.90 Å². The lowest BCUT2D eigenvalue weighted by Gasteiger charge is -2.33. The fourth-order valence-corrected chi connectivity index (χ4v) is 5.12. The Bertz CT molecular complexity index is 770. The van der Waals surface area contributed by atoms with Gasteiger partial charge in [-0.25, -0.2) is 8.42 Å². The molecule has 1 aromatic rings. The van der Waals surface area contributed by atoms with Gasteiger partial charge in [-0.2, -0.15) is 4.31 Å². The molecule has 0 saturated carbocycles. The first kappa shape index (κ1) is 19.6. The predicted octanol–water partition coefficient (Wildman–Crippen LogP) is 0.664. The highest BCUT2D eigenvalue weighted by molar-refractivity contribution is 7.89. The van der Waals surface area contributed by atoms with Gasteiger partial charge in [0.2, 0.25) is 10.0 Å². The molecule has 144 valence electrons. The van der Waals surface area contributed by atoms with E-state index in [4.69, 9.17) is 11.6 Å². The quantitative estimate of drug-likeness (QED) is 0.746. The van der Waals surface area contributed by atoms with E-state index >= 15 is 0 Å². The molecule has 7 nitrogen and oxygen atoms in total. The van der Waals surface area contributed by atoms with Crippen LogP contribution in [0.25, 0.3) is 0 Å². The molecule has 0 aliphatic carbocycles. The van der Waals surface area contributed by atoms with Crippen molar-refractivity contribution >= 4 is 27.5 Å². The first-order valence-electron chi connectivity index (χ1n) is 8.75. The Balaban J connectivity index is 1.84. The van der Waals surface area contributed by atoms with Gasteiger partial charge in [0, 0.05) is 57.9 Å². The molecular weight excluding hydrogens is 376 g/mol. The van der Waals surface area contributed by atoms with Crippen molar-refractivity contribution in [3.05, 3.63) is 28.8 Å². The highest BCUT2D eigenvalue weighted by Gasteiger charge is 2.30. The second-order valence-electron chi connectivity index (χ2n) is 6.95. The zero-order valence-electron chi connectivity index (χ0n) is 15.2. The zero-order chi connectivity index (χ0) is 18.9. The molecule has 0 bridgehead atoms. The van der Waals surface area contributed by atoms with E-state index in [-0.39, 0.29) is 15.8 Å². The lowest BCUT2D eigenvalue weighted by atomic mass is 10.2. The first-order chi connectivity index (χ1) is 12.3. The van der Waals surface area contributed by atoms with Crippen molar-refractivity contribution in [3.63, 3.8) is 0 Å². The molecule has 1 amide bonds. The molecule has 1 aromatic carbocycles. The average Bonchev–Trinajstić information content (AvgIpc) is 2.62. The second-order valence-corrected chi connectivity index (χ2v) is 9.26. The van der Waals surface area contributed by atoms with E-state index in [1.807, 2.05) is 14.1 Å². The van der Waals surface area contributed by atoms with Crippen LogP contribution in [0.3, 0.4) is 0 Å². The van der Waals surface area contributed by atoms with Gasteiger partial charge in [-0.1, -0.05) is 11.6 Å². The van der Waals surface area contributed by atoms with Gasteiger partial charge in [-0.3, -0.25) is 4.79 Å². The summed E-state index contributed by atoms with van der Waals surface area (Å²) in [5, 5.41) is 0.152. The molecule has 26 heavy (non-hydrogen) atoms. The molecule has 2 fully saturated rings. The van der Waals surface area contributed by atoms with Crippen LogP contribution >= 0.6 is 11.6 Å². The highest BCUT2D eigenvalue weighted by atomic mass is 35.5. The Labute approximate surface area is 160 Å². The van der Waals surface area contributed by atoms with Crippen molar-refractivity contribution in [2.45, 2.75) is 4.90 Å². The van der Waals surface area contributed by atoms with Gasteiger partial charge in [-0.05, 0) is 32.3 Å². The molecular formula is C17H25ClN4O3S. The summed E-state index contributed by atoms with van der Waals surface area (Å²) in [4.78, 5) is 18.8. The number of carbonyl (C=O) groups is 1. The molecule has 0 unspecified atom stereocenters. The summed E-state index contributed by atoms with van der Waals surface area (Å²) in [5.41, 5.74) is 0.367. The Morgan fingerprint density at radius 2 is 1.46 bits per heavy atom. The summed E-state index contributed by atoms with van der Waals surface area (Å²) in [5.74, 6) is -0.149. The summed E-state index contributed by atoms with van der Waals surface area (Å²) in [6.45, 7) is 5.10. The Kier molecular flexibility index (Phi) is 5.88. The molecule has 0 atom stereocenters. The van der Waals surface area contributed by atoms with Crippen LogP contribution in [0.1, 0.15) is 10.4 Å². The van der Waals surface area contributed by atoms with Crippen LogP contribution in [0, 0.1) is 0 Å². The van der Waals surface area contributed by atoms with Crippen LogP contribution in [0.2, 0.25) is 5.02 Å². The van der Waals surface area contributed by atoms with Gasteiger partial charge >= 0.3 is 0 Å². The fraction of sp³-hybridized carbons (Fsp3) is 0.588. The molecule has 0 aromatic heterocycles. The Hall–Kier alpha value is -1.19. The van der Waals surface area contributed by atoms with Crippen molar-refractivity contribution in [3.8, 4) is 0 Å². The number of carbonyl (C=O) groups excluding carboxylic acids is 1. The Morgan fingerprint density at radius 3 is 2.04 bits per heavy atom. The maximum atomic E-state index is 13.0. The van der Waals surface area contributed by atoms with Gasteiger partial charge in [0.05, 0.1) is 5.02 Å². The third-order valence-corrected chi connectivity index (χ3v) is 7.43. The van der Waals surface area contributed by atoms with E-state index in [0.717, 1.165) is 13.1 Å². The monoisotopic (exact) mass is 400 g/mol. The van der Waals surface area contributed by atoms with E-state index in [0.29, 0.717) is 44.8 Å². The summed E-state index contributed by atoms with van der Waals surface area (Å²) in [7, 11) is 0.267. The van der Waals surface area contributed by atoms with Crippen LogP contribution in [-0.2, 0) is 10.0 Å². The predicted molar refractivity (Wildman–Crippen MR) is 101 cm³/mol. The van der Waals surface area contributed by atoms with Gasteiger partial charge < -0.3 is 14.7 Å². The van der Waals surface area contributed by atoms with Crippen molar-refractivity contribution in [2.24, 2.45) is 0 Å². The summed E-state index contributed by atoms with van der Waals surface area (Å²) < 4.78 is 27.4. The molecule has 9 heteroatoms. The van der Waals surface area contributed by atoms with Gasteiger partial charge in [0.25, 0.3) is 5.91 Å². The van der Waals surface area contributed by atoms with E-state index in [1.165, 1.54) is 16.4 Å². The van der Waals surface area contributed by atoms with Crippen LogP contribution < -0.4 is 0 Å². The largest absolute Gasteiger partial charge is 0.336 e. The number of benzene rings is 1. The minimum Gasteiger partial charge on any atom is -0.336 e. The number of amides is 1. The summed E-state index contributed by atoms with van der Waals surface area (Å²) in [6.07, 6.45) is 0. The molecule has 2 saturated heterocycles. The summed E-state index contributed by atoms with van der Waals surface area (Å²) in [6, 6.07) is 4.54. The molecule has 0 spiro atoms. The van der Waals surface area contributed by atoms with Crippen LogP contribution in [0.15, 0.2) is 23.1 Å². The maximum Gasteiger partial charge on any atom is 0.253 e. The second kappa shape index (κ2) is 7.82. The molecule has 2 heterocycles. The number of hydrogen-bond acceptors (Lipinski definition) is 5. The smallest absolute Gasteiger partial charge is 0.253 e. The third kappa shape index (κ3) is 4.04. The van der Waals surface area contributed by atoms with Gasteiger partial charge in [-0.15, -0.1) is 0 Å². The van der Waals surface area contributed by atoms with Gasteiger partial charge in [0.15, 0.2) is 0 Å². The zero-order valence-corrected chi connectivity index (χ0v) is 16.8. The van der Waals surface area contributed by atoms with Crippen LogP contribution in [-0.4, -0.2) is 99.8 Å². The number of sulfonamides is 1. The first-order valence-corrected chi connectivity index (χ1v) is 10.6. The minimum absolute atomic E-state index is 0.0173. The highest BCUT2D eigenvalue weighted by Crippen LogP contribution is 2.27. The number of rotatable bonds is 3. The fourth-order valence-electron chi connectivity index (χ4n) is 3.19. The normalized spacial score (nSPS) is 21.1. The lowest BCUT2D eigenvalue weighted by Crippen LogP contribution is -2.47. The van der Waals surface area contributed by atoms with Crippen LogP contribution in [0.5, 0.6) is 0 Å². The van der Waals surface area contributed by atoms with Crippen molar-refractivity contribution in [1.82, 2.24) is 19.0 Å². The minimum atomic E-state index is -3.72. The number of piperazine rings is 2. The molecule has 0 N–H and O–H groups in total. The third-order valence-electron chi connectivity index (χ3n) is 5.05. The molecule has 2 aliphatic rings. The lowest BCUT2D eigenvalue weighted by molar-refractivity contribution is 0.0664. The molecule has 2 aliphatic heterocycles. The van der Waals surface area contributed by atoms with E-state index in [9.17, 15) is 13.2 Å². The number of likely N-dealkylation sites (N-methyl/N-ethyl adjacent to an activating group) is 2. The van der Waals surface area contributed by atoms with Crippen LogP contribution in [0.4, 0.5) is 0 Å². The number of halogens is 1. The number of nitrogens with zero attached hydrogens (tertiary/aromatic N) is 4. The Morgan fingerprint density at radius 1 is 0.923 bits per heavy atom. The van der Waals surface area contributed by atoms with Crippen molar-refractivity contribution in [1.29, 1.82) is 0 Å². The molecule has 0 radical (unpaired) electrons. The molecule has 3 rings (SSSR count). The number of hydrogen-bond donors (Lipinski definition) is 0. The maximum absolute atomic E-state index is 13.0. The topological polar surface area (TPSA) is 64.2 Å². The summed E-state index contributed by atoms with van der Waals surface area (Å²) >= 11 is 6.19. The SMILES string of the molecule is CN1CCN(C(=O)c2ccc(Cl)c(S(=O)(=O)N3CCN(C)CC3)c2)CC1. The van der Waals surface area contributed by atoms with E-state index in [2.05, 4.69) is 9.80 Å². The van der Waals surface area contributed by atoms with E-state index in [1.54, 1.807) is 11.0 Å². The van der Waals surface area contributed by atoms with Crippen molar-refractivity contribution < 1.29 is 13.2 Å². The van der Waals surface area contributed by atoms with Crippen molar-refractivity contribution in [2.75, 3.05) is 66.5 Å². The standard InChI is InChI=1S/C17H25ClN4O3S/c1-19-5-9-21(10-6-19)17(23)14-3-4-15(18)16(13-14)26(24,25)22-11-7-20(2)8-12-22/h3-4,13H,5-12H2,1-2H3. The average molecular weight is 401 g/mol. The van der Waals surface area contributed by atoms with E-state index < -0.39 is 10.0 Å².